The normalized spacial score (nSPS) is 10.4. The van der Waals surface area contributed by atoms with Gasteiger partial charge in [-0.3, -0.25) is 0 Å². The molecule has 0 atom stereocenters. The number of ether oxygens (including phenoxy) is 1. The van der Waals surface area contributed by atoms with E-state index in [-0.39, 0.29) is 0 Å². The second kappa shape index (κ2) is 7.98. The van der Waals surface area contributed by atoms with Gasteiger partial charge in [-0.05, 0) is 40.9 Å². The van der Waals surface area contributed by atoms with Gasteiger partial charge in [-0.1, -0.05) is 26.0 Å². The molecular formula is C16H20BrN3O. The Morgan fingerprint density at radius 2 is 1.95 bits per heavy atom. The molecule has 0 saturated heterocycles. The average molecular weight is 350 g/mol. The van der Waals surface area contributed by atoms with E-state index in [0.29, 0.717) is 5.88 Å². The van der Waals surface area contributed by atoms with Crippen LogP contribution in [0.3, 0.4) is 0 Å². The van der Waals surface area contributed by atoms with Gasteiger partial charge >= 0.3 is 0 Å². The second-order valence-corrected chi connectivity index (χ2v) is 5.57. The molecule has 1 aromatic heterocycles. The molecule has 2 aromatic rings. The molecule has 4 nitrogen and oxygen atoms in total. The van der Waals surface area contributed by atoms with E-state index in [1.165, 1.54) is 0 Å². The molecule has 0 amide bonds. The van der Waals surface area contributed by atoms with Crippen LogP contribution < -0.4 is 10.1 Å². The third-order valence-electron chi connectivity index (χ3n) is 2.83. The summed E-state index contributed by atoms with van der Waals surface area (Å²) in [5.74, 6) is 2.94. The van der Waals surface area contributed by atoms with Crippen LogP contribution in [-0.2, 0) is 6.42 Å². The Morgan fingerprint density at radius 3 is 2.67 bits per heavy atom. The first-order valence-electron chi connectivity index (χ1n) is 7.27. The van der Waals surface area contributed by atoms with E-state index >= 15 is 0 Å². The number of hydrogen-bond donors (Lipinski definition) is 1. The summed E-state index contributed by atoms with van der Waals surface area (Å²) in [7, 11) is 0. The lowest BCUT2D eigenvalue weighted by Crippen LogP contribution is -2.06. The molecule has 5 heteroatoms. The van der Waals surface area contributed by atoms with Crippen molar-refractivity contribution in [2.45, 2.75) is 33.1 Å². The van der Waals surface area contributed by atoms with Gasteiger partial charge in [-0.15, -0.1) is 0 Å². The van der Waals surface area contributed by atoms with Gasteiger partial charge in [0.2, 0.25) is 5.88 Å². The molecule has 0 bridgehead atoms. The van der Waals surface area contributed by atoms with E-state index in [4.69, 9.17) is 4.74 Å². The van der Waals surface area contributed by atoms with Gasteiger partial charge in [0.05, 0.1) is 4.47 Å². The molecule has 0 aliphatic carbocycles. The number of halogens is 1. The molecule has 0 unspecified atom stereocenters. The van der Waals surface area contributed by atoms with E-state index in [2.05, 4.69) is 45.1 Å². The zero-order valence-corrected chi connectivity index (χ0v) is 14.0. The van der Waals surface area contributed by atoms with Crippen molar-refractivity contribution in [1.82, 2.24) is 9.97 Å². The highest BCUT2D eigenvalue weighted by molar-refractivity contribution is 9.10. The maximum Gasteiger partial charge on any atom is 0.224 e. The van der Waals surface area contributed by atoms with Crippen molar-refractivity contribution in [2.24, 2.45) is 0 Å². The smallest absolute Gasteiger partial charge is 0.224 e. The summed E-state index contributed by atoms with van der Waals surface area (Å²) >= 11 is 3.48. The van der Waals surface area contributed by atoms with Gasteiger partial charge in [0, 0.05) is 19.0 Å². The summed E-state index contributed by atoms with van der Waals surface area (Å²) in [5.41, 5.74) is 0. The lowest BCUT2D eigenvalue weighted by Gasteiger charge is -2.11. The molecule has 2 rings (SSSR count). The molecule has 0 spiro atoms. The highest BCUT2D eigenvalue weighted by Crippen LogP contribution is 2.29. The summed E-state index contributed by atoms with van der Waals surface area (Å²) in [6.07, 6.45) is 2.90. The Labute approximate surface area is 134 Å². The first-order chi connectivity index (χ1) is 10.2. The molecule has 1 aromatic carbocycles. The van der Waals surface area contributed by atoms with Crippen molar-refractivity contribution in [1.29, 1.82) is 0 Å². The van der Waals surface area contributed by atoms with Crippen LogP contribution in [0.4, 0.5) is 5.82 Å². The SMILES string of the molecule is CCCNc1cc(Oc2ccccc2Br)nc(CCC)n1. The molecule has 1 heterocycles. The zero-order valence-electron chi connectivity index (χ0n) is 12.4. The number of para-hydroxylation sites is 1. The number of aryl methyl sites for hydroxylation is 1. The minimum atomic E-state index is 0.568. The fourth-order valence-corrected chi connectivity index (χ4v) is 2.21. The molecule has 1 N–H and O–H groups in total. The molecule has 0 radical (unpaired) electrons. The fourth-order valence-electron chi connectivity index (χ4n) is 1.84. The Bertz CT molecular complexity index is 589. The van der Waals surface area contributed by atoms with E-state index in [1.54, 1.807) is 0 Å². The molecule has 112 valence electrons. The van der Waals surface area contributed by atoms with Crippen molar-refractivity contribution < 1.29 is 4.74 Å². The van der Waals surface area contributed by atoms with Gasteiger partial charge in [-0.2, -0.15) is 4.98 Å². The number of anilines is 1. The monoisotopic (exact) mass is 349 g/mol. The van der Waals surface area contributed by atoms with E-state index in [9.17, 15) is 0 Å². The molecule has 0 aliphatic rings. The van der Waals surface area contributed by atoms with Crippen LogP contribution in [0.25, 0.3) is 0 Å². The first-order valence-corrected chi connectivity index (χ1v) is 8.06. The Hall–Kier alpha value is -1.62. The van der Waals surface area contributed by atoms with Crippen LogP contribution >= 0.6 is 15.9 Å². The predicted octanol–water partition coefficient (Wildman–Crippen LogP) is 4.81. The van der Waals surface area contributed by atoms with Gasteiger partial charge in [0.25, 0.3) is 0 Å². The number of rotatable bonds is 7. The van der Waals surface area contributed by atoms with Crippen LogP contribution in [0.1, 0.15) is 32.5 Å². The van der Waals surface area contributed by atoms with Crippen molar-refractivity contribution in [3.8, 4) is 11.6 Å². The van der Waals surface area contributed by atoms with Crippen molar-refractivity contribution in [2.75, 3.05) is 11.9 Å². The Kier molecular flexibility index (Phi) is 5.99. The van der Waals surface area contributed by atoms with Crippen LogP contribution in [0.2, 0.25) is 0 Å². The van der Waals surface area contributed by atoms with E-state index < -0.39 is 0 Å². The molecule has 21 heavy (non-hydrogen) atoms. The summed E-state index contributed by atoms with van der Waals surface area (Å²) in [6, 6.07) is 9.58. The summed E-state index contributed by atoms with van der Waals surface area (Å²) in [5, 5.41) is 3.29. The maximum atomic E-state index is 5.88. The largest absolute Gasteiger partial charge is 0.438 e. The zero-order chi connectivity index (χ0) is 15.1. The molecule has 0 saturated carbocycles. The predicted molar refractivity (Wildman–Crippen MR) is 89.0 cm³/mol. The summed E-state index contributed by atoms with van der Waals surface area (Å²) in [6.45, 7) is 5.13. The molecule has 0 aliphatic heterocycles. The van der Waals surface area contributed by atoms with Gasteiger partial charge in [0.1, 0.15) is 17.4 Å². The number of aromatic nitrogens is 2. The fraction of sp³-hybridized carbons (Fsp3) is 0.375. The van der Waals surface area contributed by atoms with Crippen LogP contribution in [0.5, 0.6) is 11.6 Å². The average Bonchev–Trinajstić information content (AvgIpc) is 2.48. The lowest BCUT2D eigenvalue weighted by atomic mass is 10.3. The number of benzene rings is 1. The quantitative estimate of drug-likeness (QED) is 0.779. The third-order valence-corrected chi connectivity index (χ3v) is 3.48. The van der Waals surface area contributed by atoms with E-state index in [0.717, 1.165) is 47.7 Å². The topological polar surface area (TPSA) is 47.0 Å². The highest BCUT2D eigenvalue weighted by atomic mass is 79.9. The Balaban J connectivity index is 2.24. The minimum Gasteiger partial charge on any atom is -0.438 e. The first kappa shape index (κ1) is 15.8. The highest BCUT2D eigenvalue weighted by Gasteiger charge is 2.08. The summed E-state index contributed by atoms with van der Waals surface area (Å²) in [4.78, 5) is 8.98. The van der Waals surface area contributed by atoms with Gasteiger partial charge in [-0.25, -0.2) is 4.98 Å². The number of nitrogens with one attached hydrogen (secondary N) is 1. The van der Waals surface area contributed by atoms with Crippen LogP contribution in [0.15, 0.2) is 34.8 Å². The van der Waals surface area contributed by atoms with Crippen LogP contribution in [0, 0.1) is 0 Å². The number of nitrogens with zero attached hydrogens (tertiary/aromatic N) is 2. The third kappa shape index (κ3) is 4.70. The lowest BCUT2D eigenvalue weighted by molar-refractivity contribution is 0.456. The maximum absolute atomic E-state index is 5.88. The van der Waals surface area contributed by atoms with Crippen LogP contribution in [-0.4, -0.2) is 16.5 Å². The van der Waals surface area contributed by atoms with Gasteiger partial charge in [0.15, 0.2) is 0 Å². The second-order valence-electron chi connectivity index (χ2n) is 4.72. The van der Waals surface area contributed by atoms with E-state index in [1.807, 2.05) is 30.3 Å². The number of hydrogen-bond acceptors (Lipinski definition) is 4. The Morgan fingerprint density at radius 1 is 1.14 bits per heavy atom. The minimum absolute atomic E-state index is 0.568. The van der Waals surface area contributed by atoms with Gasteiger partial charge < -0.3 is 10.1 Å². The van der Waals surface area contributed by atoms with Crippen molar-refractivity contribution in [3.05, 3.63) is 40.6 Å². The van der Waals surface area contributed by atoms with Crippen molar-refractivity contribution >= 4 is 21.7 Å². The summed E-state index contributed by atoms with van der Waals surface area (Å²) < 4.78 is 6.79. The van der Waals surface area contributed by atoms with Crippen molar-refractivity contribution in [3.63, 3.8) is 0 Å². The molecule has 0 fully saturated rings. The standard InChI is InChI=1S/C16H20BrN3O/c1-3-7-14-19-15(18-10-4-2)11-16(20-14)21-13-9-6-5-8-12(13)17/h5-6,8-9,11H,3-4,7,10H2,1-2H3,(H,18,19,20). The molecular weight excluding hydrogens is 330 g/mol.